The van der Waals surface area contributed by atoms with Crippen LogP contribution in [0.25, 0.3) is 0 Å². The lowest BCUT2D eigenvalue weighted by Gasteiger charge is -2.20. The van der Waals surface area contributed by atoms with Crippen molar-refractivity contribution in [1.29, 1.82) is 0 Å². The molecule has 1 unspecified atom stereocenters. The van der Waals surface area contributed by atoms with E-state index in [1.165, 1.54) is 5.57 Å². The van der Waals surface area contributed by atoms with Crippen molar-refractivity contribution in [3.05, 3.63) is 18.1 Å². The summed E-state index contributed by atoms with van der Waals surface area (Å²) in [5.41, 5.74) is 1.18. The van der Waals surface area contributed by atoms with Gasteiger partial charge in [-0.2, -0.15) is 0 Å². The fourth-order valence-corrected chi connectivity index (χ4v) is 3.10. The number of allylic oxidation sites excluding steroid dienone is 2. The molecular weight excluding hydrogens is 184 g/mol. The van der Waals surface area contributed by atoms with Crippen molar-refractivity contribution in [1.82, 2.24) is 0 Å². The Bertz CT molecular complexity index is 310. The fourth-order valence-electron chi connectivity index (χ4n) is 1.50. The Hall–Kier alpha value is -0.310. The topological polar surface area (TPSA) is 34.1 Å². The molecule has 0 bridgehead atoms. The lowest BCUT2D eigenvalue weighted by atomic mass is 10.0. The molecule has 13 heavy (non-hydrogen) atoms. The molecule has 75 valence electrons. The SMILES string of the molecule is CC(C)=CCC1(C)[CH]CCS1(=O)=O. The van der Waals surface area contributed by atoms with Gasteiger partial charge in [0.1, 0.15) is 0 Å². The molecule has 0 N–H and O–H groups in total. The van der Waals surface area contributed by atoms with Gasteiger partial charge < -0.3 is 0 Å². The molecule has 0 amide bonds. The summed E-state index contributed by atoms with van der Waals surface area (Å²) in [6.07, 6.45) is 5.26. The molecule has 0 aliphatic carbocycles. The van der Waals surface area contributed by atoms with E-state index in [0.29, 0.717) is 18.6 Å². The average molecular weight is 201 g/mol. The quantitative estimate of drug-likeness (QED) is 0.641. The summed E-state index contributed by atoms with van der Waals surface area (Å²) in [5, 5.41) is 0. The molecule has 3 heteroatoms. The van der Waals surface area contributed by atoms with E-state index in [1.54, 1.807) is 0 Å². The van der Waals surface area contributed by atoms with E-state index in [4.69, 9.17) is 0 Å². The van der Waals surface area contributed by atoms with Gasteiger partial charge in [0, 0.05) is 0 Å². The standard InChI is InChI=1S/C10H17O2S/c1-9(2)5-7-10(3)6-4-8-13(10,11)12/h5-6H,4,7-8H2,1-3H3. The van der Waals surface area contributed by atoms with Crippen LogP contribution in [0.1, 0.15) is 33.6 Å². The summed E-state index contributed by atoms with van der Waals surface area (Å²) < 4.78 is 22.7. The van der Waals surface area contributed by atoms with E-state index < -0.39 is 14.6 Å². The molecule has 1 heterocycles. The van der Waals surface area contributed by atoms with Crippen LogP contribution in [0.3, 0.4) is 0 Å². The largest absolute Gasteiger partial charge is 0.228 e. The van der Waals surface area contributed by atoms with Gasteiger partial charge in [-0.25, -0.2) is 8.42 Å². The third-order valence-electron chi connectivity index (χ3n) is 2.59. The molecule has 0 aromatic rings. The zero-order chi connectivity index (χ0) is 10.1. The average Bonchev–Trinajstić information content (AvgIpc) is 2.24. The van der Waals surface area contributed by atoms with Crippen LogP contribution < -0.4 is 0 Å². The molecule has 0 aromatic carbocycles. The van der Waals surface area contributed by atoms with E-state index in [9.17, 15) is 8.42 Å². The van der Waals surface area contributed by atoms with Gasteiger partial charge in [0.05, 0.1) is 10.5 Å². The normalized spacial score (nSPS) is 31.6. The maximum absolute atomic E-state index is 11.6. The first kappa shape index (κ1) is 10.8. The van der Waals surface area contributed by atoms with Crippen LogP contribution in [0.5, 0.6) is 0 Å². The lowest BCUT2D eigenvalue weighted by Crippen LogP contribution is -2.30. The molecule has 0 saturated carbocycles. The van der Waals surface area contributed by atoms with Gasteiger partial charge >= 0.3 is 0 Å². The minimum Gasteiger partial charge on any atom is -0.228 e. The van der Waals surface area contributed by atoms with Gasteiger partial charge in [0.15, 0.2) is 9.84 Å². The number of rotatable bonds is 2. The predicted octanol–water partition coefficient (Wildman–Crippen LogP) is 2.12. The lowest BCUT2D eigenvalue weighted by molar-refractivity contribution is 0.568. The van der Waals surface area contributed by atoms with Crippen molar-refractivity contribution >= 4 is 9.84 Å². The molecule has 1 saturated heterocycles. The molecule has 1 aliphatic rings. The second-order valence-corrected chi connectivity index (χ2v) is 6.68. The molecule has 1 aliphatic heterocycles. The van der Waals surface area contributed by atoms with E-state index in [2.05, 4.69) is 0 Å². The third kappa shape index (κ3) is 2.13. The van der Waals surface area contributed by atoms with Crippen LogP contribution in [-0.4, -0.2) is 18.9 Å². The highest BCUT2D eigenvalue weighted by Crippen LogP contribution is 2.34. The molecule has 1 fully saturated rings. The fraction of sp³-hybridized carbons (Fsp3) is 0.700. The van der Waals surface area contributed by atoms with Crippen LogP contribution in [-0.2, 0) is 9.84 Å². The van der Waals surface area contributed by atoms with E-state index >= 15 is 0 Å². The first-order valence-corrected chi connectivity index (χ1v) is 6.23. The van der Waals surface area contributed by atoms with Gasteiger partial charge in [0.25, 0.3) is 0 Å². The first-order valence-electron chi connectivity index (χ1n) is 4.57. The van der Waals surface area contributed by atoms with Crippen molar-refractivity contribution in [2.24, 2.45) is 0 Å². The second kappa shape index (κ2) is 3.45. The Morgan fingerprint density at radius 1 is 1.54 bits per heavy atom. The molecule has 1 atom stereocenters. The second-order valence-electron chi connectivity index (χ2n) is 4.11. The minimum absolute atomic E-state index is 0.320. The van der Waals surface area contributed by atoms with Gasteiger partial charge in [-0.15, -0.1) is 0 Å². The van der Waals surface area contributed by atoms with Crippen LogP contribution in [0.2, 0.25) is 0 Å². The Balaban J connectivity index is 2.83. The summed E-state index contributed by atoms with van der Waals surface area (Å²) in [5.74, 6) is 0.320. The number of hydrogen-bond donors (Lipinski definition) is 0. The van der Waals surface area contributed by atoms with Gasteiger partial charge in [-0.3, -0.25) is 0 Å². The minimum atomic E-state index is -2.88. The zero-order valence-electron chi connectivity index (χ0n) is 8.50. The molecule has 1 rings (SSSR count). The summed E-state index contributed by atoms with van der Waals surface area (Å²) >= 11 is 0. The predicted molar refractivity (Wildman–Crippen MR) is 55.2 cm³/mol. The Labute approximate surface area is 81.0 Å². The van der Waals surface area contributed by atoms with Crippen LogP contribution in [0, 0.1) is 6.42 Å². The Morgan fingerprint density at radius 3 is 2.54 bits per heavy atom. The smallest absolute Gasteiger partial charge is 0.156 e. The van der Waals surface area contributed by atoms with E-state index in [-0.39, 0.29) is 0 Å². The summed E-state index contributed by atoms with van der Waals surface area (Å²) in [6, 6.07) is 0. The van der Waals surface area contributed by atoms with Crippen molar-refractivity contribution in [2.75, 3.05) is 5.75 Å². The van der Waals surface area contributed by atoms with Crippen molar-refractivity contribution in [3.8, 4) is 0 Å². The van der Waals surface area contributed by atoms with Crippen molar-refractivity contribution in [3.63, 3.8) is 0 Å². The van der Waals surface area contributed by atoms with Crippen LogP contribution in [0.4, 0.5) is 0 Å². The Kier molecular flexibility index (Phi) is 2.85. The van der Waals surface area contributed by atoms with Gasteiger partial charge in [-0.1, -0.05) is 11.6 Å². The van der Waals surface area contributed by atoms with Crippen molar-refractivity contribution < 1.29 is 8.42 Å². The van der Waals surface area contributed by atoms with Crippen LogP contribution >= 0.6 is 0 Å². The number of hydrogen-bond acceptors (Lipinski definition) is 2. The van der Waals surface area contributed by atoms with Crippen molar-refractivity contribution in [2.45, 2.75) is 38.4 Å². The molecule has 2 nitrogen and oxygen atoms in total. The summed E-state index contributed by atoms with van der Waals surface area (Å²) in [7, 11) is -2.88. The van der Waals surface area contributed by atoms with Gasteiger partial charge in [0.2, 0.25) is 0 Å². The summed E-state index contributed by atoms with van der Waals surface area (Å²) in [6.45, 7) is 5.80. The highest BCUT2D eigenvalue weighted by Gasteiger charge is 2.42. The molecular formula is C10H17O2S. The van der Waals surface area contributed by atoms with E-state index in [0.717, 1.165) is 0 Å². The van der Waals surface area contributed by atoms with Gasteiger partial charge in [-0.05, 0) is 40.0 Å². The highest BCUT2D eigenvalue weighted by atomic mass is 32.2. The maximum atomic E-state index is 11.6. The maximum Gasteiger partial charge on any atom is 0.156 e. The van der Waals surface area contributed by atoms with Crippen LogP contribution in [0.15, 0.2) is 11.6 Å². The first-order chi connectivity index (χ1) is 5.87. The summed E-state index contributed by atoms with van der Waals surface area (Å²) in [4.78, 5) is 0. The third-order valence-corrected chi connectivity index (χ3v) is 5.12. The molecule has 0 aromatic heterocycles. The highest BCUT2D eigenvalue weighted by molar-refractivity contribution is 7.93. The van der Waals surface area contributed by atoms with E-state index in [1.807, 2.05) is 33.3 Å². The molecule has 0 spiro atoms. The zero-order valence-corrected chi connectivity index (χ0v) is 9.32. The molecule has 1 radical (unpaired) electrons. The Morgan fingerprint density at radius 2 is 2.15 bits per heavy atom. The monoisotopic (exact) mass is 201 g/mol. The number of sulfone groups is 1.